The standard InChI is InChI=1S/C15H19ClN2O2/c1-4-18-13(7-10(2)17-18)9-20-15-6-5-12(16)8-14(15)11(3)19/h5-8,11,19H,4,9H2,1-3H3/t11-/m0/s1. The minimum absolute atomic E-state index is 0.413. The van der Waals surface area contributed by atoms with E-state index in [2.05, 4.69) is 5.10 Å². The number of aryl methyl sites for hydroxylation is 2. The number of halogens is 1. The van der Waals surface area contributed by atoms with E-state index < -0.39 is 6.10 Å². The van der Waals surface area contributed by atoms with Crippen LogP contribution in [0.1, 0.15) is 36.9 Å². The van der Waals surface area contributed by atoms with Crippen LogP contribution in [0.25, 0.3) is 0 Å². The lowest BCUT2D eigenvalue weighted by Gasteiger charge is -2.14. The molecule has 0 radical (unpaired) electrons. The maximum absolute atomic E-state index is 9.77. The second kappa shape index (κ2) is 6.29. The molecule has 1 aromatic heterocycles. The van der Waals surface area contributed by atoms with E-state index in [1.54, 1.807) is 25.1 Å². The number of ether oxygens (including phenoxy) is 1. The van der Waals surface area contributed by atoms with E-state index in [0.29, 0.717) is 22.9 Å². The number of aliphatic hydroxyl groups is 1. The highest BCUT2D eigenvalue weighted by Gasteiger charge is 2.11. The minimum atomic E-state index is -0.624. The fourth-order valence-corrected chi connectivity index (χ4v) is 2.30. The van der Waals surface area contributed by atoms with Crippen molar-refractivity contribution >= 4 is 11.6 Å². The highest BCUT2D eigenvalue weighted by atomic mass is 35.5. The molecule has 1 aromatic carbocycles. The van der Waals surface area contributed by atoms with Gasteiger partial charge in [-0.05, 0) is 45.0 Å². The van der Waals surface area contributed by atoms with Crippen molar-refractivity contribution in [2.45, 2.75) is 40.0 Å². The Kier molecular flexibility index (Phi) is 4.68. The molecule has 5 heteroatoms. The van der Waals surface area contributed by atoms with Crippen LogP contribution in [-0.4, -0.2) is 14.9 Å². The van der Waals surface area contributed by atoms with Crippen LogP contribution in [0.2, 0.25) is 5.02 Å². The summed E-state index contributed by atoms with van der Waals surface area (Å²) >= 11 is 5.95. The summed E-state index contributed by atoms with van der Waals surface area (Å²) in [6.45, 7) is 6.91. The van der Waals surface area contributed by atoms with Crippen LogP contribution in [0.3, 0.4) is 0 Å². The molecule has 0 fully saturated rings. The van der Waals surface area contributed by atoms with Crippen molar-refractivity contribution in [1.29, 1.82) is 0 Å². The summed E-state index contributed by atoms with van der Waals surface area (Å²) in [6, 6.07) is 7.26. The van der Waals surface area contributed by atoms with Gasteiger partial charge in [0.2, 0.25) is 0 Å². The Hall–Kier alpha value is -1.52. The largest absolute Gasteiger partial charge is 0.487 e. The number of nitrogens with zero attached hydrogens (tertiary/aromatic N) is 2. The van der Waals surface area contributed by atoms with E-state index in [4.69, 9.17) is 16.3 Å². The monoisotopic (exact) mass is 294 g/mol. The van der Waals surface area contributed by atoms with Gasteiger partial charge in [0.1, 0.15) is 12.4 Å². The first kappa shape index (κ1) is 14.9. The predicted octanol–water partition coefficient (Wildman–Crippen LogP) is 3.50. The normalized spacial score (nSPS) is 12.4. The Morgan fingerprint density at radius 2 is 2.15 bits per heavy atom. The molecule has 0 unspecified atom stereocenters. The fraction of sp³-hybridized carbons (Fsp3) is 0.400. The van der Waals surface area contributed by atoms with Crippen molar-refractivity contribution in [1.82, 2.24) is 9.78 Å². The van der Waals surface area contributed by atoms with Crippen LogP contribution in [0, 0.1) is 6.92 Å². The zero-order valence-corrected chi connectivity index (χ0v) is 12.7. The Morgan fingerprint density at radius 3 is 2.80 bits per heavy atom. The third-order valence-electron chi connectivity index (χ3n) is 3.08. The summed E-state index contributed by atoms with van der Waals surface area (Å²) in [5.41, 5.74) is 2.67. The molecule has 0 saturated carbocycles. The average Bonchev–Trinajstić information content (AvgIpc) is 2.77. The molecule has 0 aliphatic heterocycles. The molecule has 2 rings (SSSR count). The first-order chi connectivity index (χ1) is 9.51. The topological polar surface area (TPSA) is 47.3 Å². The second-order valence-corrected chi connectivity index (χ2v) is 5.18. The molecule has 0 saturated heterocycles. The molecule has 1 N–H and O–H groups in total. The van der Waals surface area contributed by atoms with Gasteiger partial charge in [0.15, 0.2) is 0 Å². The number of hydrogen-bond donors (Lipinski definition) is 1. The lowest BCUT2D eigenvalue weighted by atomic mass is 10.1. The van der Waals surface area contributed by atoms with E-state index in [9.17, 15) is 5.11 Å². The Balaban J connectivity index is 2.18. The zero-order valence-electron chi connectivity index (χ0n) is 11.9. The van der Waals surface area contributed by atoms with Crippen molar-refractivity contribution in [3.05, 3.63) is 46.2 Å². The molecule has 0 amide bonds. The molecule has 0 spiro atoms. The third kappa shape index (κ3) is 3.32. The maximum Gasteiger partial charge on any atom is 0.130 e. The summed E-state index contributed by atoms with van der Waals surface area (Å²) in [6.07, 6.45) is -0.624. The molecule has 20 heavy (non-hydrogen) atoms. The van der Waals surface area contributed by atoms with Gasteiger partial charge in [-0.1, -0.05) is 11.6 Å². The van der Waals surface area contributed by atoms with Crippen LogP contribution in [0.4, 0.5) is 0 Å². The molecule has 0 bridgehead atoms. The lowest BCUT2D eigenvalue weighted by molar-refractivity contribution is 0.189. The van der Waals surface area contributed by atoms with Gasteiger partial charge in [-0.25, -0.2) is 0 Å². The second-order valence-electron chi connectivity index (χ2n) is 4.74. The van der Waals surface area contributed by atoms with Crippen molar-refractivity contribution < 1.29 is 9.84 Å². The Labute approximate surface area is 123 Å². The van der Waals surface area contributed by atoms with Gasteiger partial charge in [0.25, 0.3) is 0 Å². The first-order valence-electron chi connectivity index (χ1n) is 6.65. The third-order valence-corrected chi connectivity index (χ3v) is 3.32. The van der Waals surface area contributed by atoms with Gasteiger partial charge in [0.05, 0.1) is 17.5 Å². The van der Waals surface area contributed by atoms with Gasteiger partial charge in [-0.2, -0.15) is 5.10 Å². The molecule has 108 valence electrons. The Bertz CT molecular complexity index is 594. The zero-order chi connectivity index (χ0) is 14.7. The smallest absolute Gasteiger partial charge is 0.130 e. The number of rotatable bonds is 5. The number of benzene rings is 1. The summed E-state index contributed by atoms with van der Waals surface area (Å²) < 4.78 is 7.73. The van der Waals surface area contributed by atoms with Crippen molar-refractivity contribution in [3.63, 3.8) is 0 Å². The molecular formula is C15H19ClN2O2. The van der Waals surface area contributed by atoms with Crippen molar-refractivity contribution in [2.24, 2.45) is 0 Å². The lowest BCUT2D eigenvalue weighted by Crippen LogP contribution is -2.07. The predicted molar refractivity (Wildman–Crippen MR) is 79.1 cm³/mol. The summed E-state index contributed by atoms with van der Waals surface area (Å²) in [4.78, 5) is 0. The first-order valence-corrected chi connectivity index (χ1v) is 7.02. The van der Waals surface area contributed by atoms with Gasteiger partial charge in [-0.3, -0.25) is 4.68 Å². The highest BCUT2D eigenvalue weighted by Crippen LogP contribution is 2.28. The molecule has 4 nitrogen and oxygen atoms in total. The van der Waals surface area contributed by atoms with Gasteiger partial charge in [0, 0.05) is 17.1 Å². The van der Waals surface area contributed by atoms with Crippen LogP contribution >= 0.6 is 11.6 Å². The van der Waals surface area contributed by atoms with E-state index >= 15 is 0 Å². The van der Waals surface area contributed by atoms with E-state index in [1.165, 1.54) is 0 Å². The summed E-state index contributed by atoms with van der Waals surface area (Å²) in [5.74, 6) is 0.644. The van der Waals surface area contributed by atoms with E-state index in [-0.39, 0.29) is 0 Å². The van der Waals surface area contributed by atoms with E-state index in [1.807, 2.05) is 24.6 Å². The molecule has 1 heterocycles. The van der Waals surface area contributed by atoms with Crippen LogP contribution in [-0.2, 0) is 13.2 Å². The SMILES string of the molecule is CCn1nc(C)cc1COc1ccc(Cl)cc1[C@H](C)O. The Morgan fingerprint density at radius 1 is 1.40 bits per heavy atom. The summed E-state index contributed by atoms with van der Waals surface area (Å²) in [7, 11) is 0. The fourth-order valence-electron chi connectivity index (χ4n) is 2.12. The molecule has 1 atom stereocenters. The number of hydrogen-bond acceptors (Lipinski definition) is 3. The molecule has 0 aliphatic carbocycles. The summed E-state index contributed by atoms with van der Waals surface area (Å²) in [5, 5.41) is 14.7. The molecule has 2 aromatic rings. The highest BCUT2D eigenvalue weighted by molar-refractivity contribution is 6.30. The van der Waals surface area contributed by atoms with Gasteiger partial charge < -0.3 is 9.84 Å². The van der Waals surface area contributed by atoms with Crippen LogP contribution < -0.4 is 4.74 Å². The van der Waals surface area contributed by atoms with Gasteiger partial charge in [-0.15, -0.1) is 0 Å². The van der Waals surface area contributed by atoms with Crippen LogP contribution in [0.5, 0.6) is 5.75 Å². The minimum Gasteiger partial charge on any atom is -0.487 e. The van der Waals surface area contributed by atoms with Crippen molar-refractivity contribution in [3.8, 4) is 5.75 Å². The average molecular weight is 295 g/mol. The maximum atomic E-state index is 9.77. The molecular weight excluding hydrogens is 276 g/mol. The molecule has 0 aliphatic rings. The van der Waals surface area contributed by atoms with Gasteiger partial charge >= 0.3 is 0 Å². The van der Waals surface area contributed by atoms with Crippen molar-refractivity contribution in [2.75, 3.05) is 0 Å². The quantitative estimate of drug-likeness (QED) is 0.918. The number of aromatic nitrogens is 2. The van der Waals surface area contributed by atoms with Crippen LogP contribution in [0.15, 0.2) is 24.3 Å². The van der Waals surface area contributed by atoms with E-state index in [0.717, 1.165) is 17.9 Å². The number of aliphatic hydroxyl groups excluding tert-OH is 1.